The Balaban J connectivity index is 2.58. The molecular weight excluding hydrogens is 301 g/mol. The third-order valence-electron chi connectivity index (χ3n) is 2.89. The van der Waals surface area contributed by atoms with Crippen molar-refractivity contribution >= 4 is 23.4 Å². The topological polar surface area (TPSA) is 55.1 Å². The van der Waals surface area contributed by atoms with E-state index in [0.29, 0.717) is 5.69 Å². The Kier molecular flexibility index (Phi) is 5.69. The van der Waals surface area contributed by atoms with E-state index in [2.05, 4.69) is 5.32 Å². The predicted molar refractivity (Wildman–Crippen MR) is 79.0 cm³/mol. The van der Waals surface area contributed by atoms with Crippen LogP contribution >= 0.6 is 11.8 Å². The number of hydrogen-bond donors (Lipinski definition) is 2. The van der Waals surface area contributed by atoms with Crippen LogP contribution in [0.15, 0.2) is 29.2 Å². The first kappa shape index (κ1) is 17.8. The molecule has 0 fully saturated rings. The molecule has 0 saturated carbocycles. The number of halogens is 3. The van der Waals surface area contributed by atoms with E-state index < -0.39 is 5.51 Å². The predicted octanol–water partition coefficient (Wildman–Crippen LogP) is 4.00. The monoisotopic (exact) mass is 320 g/mol. The van der Waals surface area contributed by atoms with Crippen LogP contribution in [0.4, 0.5) is 18.9 Å². The van der Waals surface area contributed by atoms with Gasteiger partial charge in [0.1, 0.15) is 0 Å². The summed E-state index contributed by atoms with van der Waals surface area (Å²) in [5.41, 5.74) is 1.86. The van der Waals surface area contributed by atoms with Gasteiger partial charge in [-0.05, 0) is 41.4 Å². The van der Waals surface area contributed by atoms with Crippen LogP contribution in [0.5, 0.6) is 0 Å². The van der Waals surface area contributed by atoms with Crippen molar-refractivity contribution in [1.82, 2.24) is 0 Å². The van der Waals surface area contributed by atoms with E-state index in [9.17, 15) is 18.0 Å². The number of amides is 1. The van der Waals surface area contributed by atoms with Gasteiger partial charge in [0.15, 0.2) is 0 Å². The second-order valence-corrected chi connectivity index (χ2v) is 6.94. The van der Waals surface area contributed by atoms with Gasteiger partial charge in [0.25, 0.3) is 0 Å². The van der Waals surface area contributed by atoms with Gasteiger partial charge in [0.05, 0.1) is 0 Å². The van der Waals surface area contributed by atoms with Gasteiger partial charge in [-0.25, -0.2) is 0 Å². The fourth-order valence-corrected chi connectivity index (χ4v) is 2.00. The van der Waals surface area contributed by atoms with E-state index >= 15 is 0 Å². The molecule has 0 radical (unpaired) electrons. The van der Waals surface area contributed by atoms with Crippen molar-refractivity contribution in [2.75, 3.05) is 5.32 Å². The van der Waals surface area contributed by atoms with Crippen LogP contribution in [0.25, 0.3) is 0 Å². The highest BCUT2D eigenvalue weighted by Crippen LogP contribution is 2.37. The molecule has 0 aliphatic carbocycles. The van der Waals surface area contributed by atoms with Gasteiger partial charge in [0.2, 0.25) is 5.91 Å². The van der Waals surface area contributed by atoms with Crippen molar-refractivity contribution in [1.29, 1.82) is 0 Å². The molecule has 0 aliphatic heterocycles. The van der Waals surface area contributed by atoms with Crippen LogP contribution in [-0.2, 0) is 4.79 Å². The Labute approximate surface area is 126 Å². The second-order valence-electron chi connectivity index (χ2n) is 5.80. The van der Waals surface area contributed by atoms with Gasteiger partial charge in [-0.15, -0.1) is 0 Å². The van der Waals surface area contributed by atoms with E-state index in [1.165, 1.54) is 24.3 Å². The normalized spacial score (nSPS) is 13.9. The Hall–Kier alpha value is -1.21. The summed E-state index contributed by atoms with van der Waals surface area (Å²) in [7, 11) is 0. The lowest BCUT2D eigenvalue weighted by Gasteiger charge is -2.26. The lowest BCUT2D eigenvalue weighted by atomic mass is 9.85. The molecule has 3 N–H and O–H groups in total. The van der Waals surface area contributed by atoms with Crippen LogP contribution in [0.2, 0.25) is 0 Å². The average molecular weight is 320 g/mol. The molecule has 1 unspecified atom stereocenters. The lowest BCUT2D eigenvalue weighted by Crippen LogP contribution is -2.38. The van der Waals surface area contributed by atoms with Crippen LogP contribution in [0.3, 0.4) is 0 Å². The summed E-state index contributed by atoms with van der Waals surface area (Å²) in [5, 5.41) is 2.63. The summed E-state index contributed by atoms with van der Waals surface area (Å²) in [6.45, 7) is 5.82. The fourth-order valence-electron chi connectivity index (χ4n) is 1.46. The highest BCUT2D eigenvalue weighted by molar-refractivity contribution is 8.00. The summed E-state index contributed by atoms with van der Waals surface area (Å²) in [6, 6.07) is 5.22. The summed E-state index contributed by atoms with van der Waals surface area (Å²) < 4.78 is 36.6. The average Bonchev–Trinajstić information content (AvgIpc) is 2.28. The minimum atomic E-state index is -4.32. The minimum absolute atomic E-state index is 0.0758. The Bertz CT molecular complexity index is 480. The number of benzene rings is 1. The quantitative estimate of drug-likeness (QED) is 0.825. The molecule has 7 heteroatoms. The van der Waals surface area contributed by atoms with Crippen molar-refractivity contribution in [3.05, 3.63) is 24.3 Å². The van der Waals surface area contributed by atoms with Crippen molar-refractivity contribution in [3.8, 4) is 0 Å². The molecule has 0 heterocycles. The first-order chi connectivity index (χ1) is 9.47. The summed E-state index contributed by atoms with van der Waals surface area (Å²) >= 11 is -0.190. The zero-order chi connectivity index (χ0) is 16.3. The zero-order valence-corrected chi connectivity index (χ0v) is 12.9. The maximum absolute atomic E-state index is 12.2. The molecule has 0 aromatic heterocycles. The molecule has 0 bridgehead atoms. The maximum atomic E-state index is 12.2. The highest BCUT2D eigenvalue weighted by Gasteiger charge is 2.29. The van der Waals surface area contributed by atoms with Gasteiger partial charge in [0, 0.05) is 23.0 Å². The van der Waals surface area contributed by atoms with Gasteiger partial charge in [-0.1, -0.05) is 20.8 Å². The van der Waals surface area contributed by atoms with Crippen LogP contribution < -0.4 is 11.1 Å². The number of nitrogens with one attached hydrogen (secondary N) is 1. The van der Waals surface area contributed by atoms with Crippen molar-refractivity contribution in [2.24, 2.45) is 11.1 Å². The van der Waals surface area contributed by atoms with Gasteiger partial charge < -0.3 is 11.1 Å². The molecule has 1 atom stereocenters. The van der Waals surface area contributed by atoms with E-state index in [1.54, 1.807) is 0 Å². The number of rotatable bonds is 4. The molecule has 0 spiro atoms. The van der Waals surface area contributed by atoms with Crippen molar-refractivity contribution in [2.45, 2.75) is 43.6 Å². The minimum Gasteiger partial charge on any atom is -0.327 e. The molecule has 0 saturated heterocycles. The third-order valence-corrected chi connectivity index (χ3v) is 3.63. The Morgan fingerprint density at radius 1 is 1.24 bits per heavy atom. The molecule has 0 aliphatic rings. The van der Waals surface area contributed by atoms with Crippen molar-refractivity contribution in [3.63, 3.8) is 0 Å². The number of anilines is 1. The Morgan fingerprint density at radius 2 is 1.76 bits per heavy atom. The number of thioether (sulfide) groups is 1. The third kappa shape index (κ3) is 6.86. The molecule has 21 heavy (non-hydrogen) atoms. The fraction of sp³-hybridized carbons (Fsp3) is 0.500. The zero-order valence-electron chi connectivity index (χ0n) is 12.1. The standard InChI is InChI=1S/C14H19F3N2OS/c1-13(2,3)11(18)8-12(20)19-9-4-6-10(7-5-9)21-14(15,16)17/h4-7,11H,8,18H2,1-3H3,(H,19,20). The molecule has 3 nitrogen and oxygen atoms in total. The van der Waals surface area contributed by atoms with E-state index in [4.69, 9.17) is 5.73 Å². The lowest BCUT2D eigenvalue weighted by molar-refractivity contribution is -0.117. The summed E-state index contributed by atoms with van der Waals surface area (Å²) in [5.74, 6) is -0.256. The SMILES string of the molecule is CC(C)(C)C(N)CC(=O)Nc1ccc(SC(F)(F)F)cc1. The maximum Gasteiger partial charge on any atom is 0.446 e. The smallest absolute Gasteiger partial charge is 0.327 e. The second kappa shape index (κ2) is 6.70. The summed E-state index contributed by atoms with van der Waals surface area (Å²) in [4.78, 5) is 11.9. The molecule has 1 rings (SSSR count). The van der Waals surface area contributed by atoms with Crippen LogP contribution in [0, 0.1) is 5.41 Å². The molecule has 1 amide bonds. The number of hydrogen-bond acceptors (Lipinski definition) is 3. The molecule has 1 aromatic rings. The summed E-state index contributed by atoms with van der Waals surface area (Å²) in [6.07, 6.45) is 0.155. The van der Waals surface area contributed by atoms with Crippen molar-refractivity contribution < 1.29 is 18.0 Å². The van der Waals surface area contributed by atoms with Crippen LogP contribution in [-0.4, -0.2) is 17.5 Å². The molecule has 118 valence electrons. The number of carbonyl (C=O) groups excluding carboxylic acids is 1. The van der Waals surface area contributed by atoms with E-state index in [1.807, 2.05) is 20.8 Å². The van der Waals surface area contributed by atoms with Gasteiger partial charge in [-0.2, -0.15) is 13.2 Å². The van der Waals surface area contributed by atoms with Gasteiger partial charge >= 0.3 is 5.51 Å². The Morgan fingerprint density at radius 3 is 2.19 bits per heavy atom. The van der Waals surface area contributed by atoms with Crippen LogP contribution in [0.1, 0.15) is 27.2 Å². The van der Waals surface area contributed by atoms with E-state index in [-0.39, 0.29) is 40.4 Å². The number of carbonyl (C=O) groups is 1. The largest absolute Gasteiger partial charge is 0.446 e. The van der Waals surface area contributed by atoms with Gasteiger partial charge in [-0.3, -0.25) is 4.79 Å². The molecular formula is C14H19F3N2OS. The first-order valence-electron chi connectivity index (χ1n) is 6.38. The number of nitrogens with two attached hydrogens (primary N) is 1. The highest BCUT2D eigenvalue weighted by atomic mass is 32.2. The number of alkyl halides is 3. The molecule has 1 aromatic carbocycles. The van der Waals surface area contributed by atoms with E-state index in [0.717, 1.165) is 0 Å². The first-order valence-corrected chi connectivity index (χ1v) is 7.20.